The predicted octanol–water partition coefficient (Wildman–Crippen LogP) is 1.74. The molecule has 2 heteroatoms. The third-order valence-corrected chi connectivity index (χ3v) is 1.27. The fourth-order valence-corrected chi connectivity index (χ4v) is 0.694. The van der Waals surface area contributed by atoms with Crippen LogP contribution >= 0.6 is 0 Å². The third kappa shape index (κ3) is 9.40. The van der Waals surface area contributed by atoms with Crippen molar-refractivity contribution >= 4 is 0 Å². The van der Waals surface area contributed by atoms with E-state index in [2.05, 4.69) is 18.0 Å². The molecule has 0 aliphatic heterocycles. The van der Waals surface area contributed by atoms with Gasteiger partial charge in [0.15, 0.2) is 0 Å². The van der Waals surface area contributed by atoms with Crippen LogP contribution in [0.15, 0.2) is 24.3 Å². The van der Waals surface area contributed by atoms with Gasteiger partial charge in [0.25, 0.3) is 0 Å². The summed E-state index contributed by atoms with van der Waals surface area (Å²) in [6.45, 7) is 11.0. The lowest BCUT2D eigenvalue weighted by atomic mass is 10.4. The lowest BCUT2D eigenvalue weighted by molar-refractivity contribution is 0.159. The van der Waals surface area contributed by atoms with Gasteiger partial charge < -0.3 is 10.1 Å². The zero-order chi connectivity index (χ0) is 9.23. The number of hydrogen-bond donors (Lipinski definition) is 1. The van der Waals surface area contributed by atoms with Gasteiger partial charge in [-0.25, -0.2) is 0 Å². The molecule has 0 aliphatic carbocycles. The fourth-order valence-electron chi connectivity index (χ4n) is 0.694. The van der Waals surface area contributed by atoms with Crippen molar-refractivity contribution < 1.29 is 4.74 Å². The van der Waals surface area contributed by atoms with E-state index in [9.17, 15) is 0 Å². The SMILES string of the molecule is C=C(C)COCCNC/C=C/C. The van der Waals surface area contributed by atoms with Crippen molar-refractivity contribution in [2.75, 3.05) is 26.3 Å². The predicted molar refractivity (Wildman–Crippen MR) is 53.3 cm³/mol. The second-order valence-electron chi connectivity index (χ2n) is 2.78. The summed E-state index contributed by atoms with van der Waals surface area (Å²) in [6.07, 6.45) is 4.11. The Labute approximate surface area is 75.3 Å². The van der Waals surface area contributed by atoms with Gasteiger partial charge in [0.1, 0.15) is 0 Å². The van der Waals surface area contributed by atoms with Crippen molar-refractivity contribution in [3.05, 3.63) is 24.3 Å². The molecule has 1 N–H and O–H groups in total. The molecular weight excluding hydrogens is 150 g/mol. The topological polar surface area (TPSA) is 21.3 Å². The molecular formula is C10H19NO. The fraction of sp³-hybridized carbons (Fsp3) is 0.600. The largest absolute Gasteiger partial charge is 0.376 e. The molecule has 0 aliphatic rings. The molecule has 2 nitrogen and oxygen atoms in total. The number of ether oxygens (including phenoxy) is 1. The van der Waals surface area contributed by atoms with E-state index in [1.54, 1.807) is 0 Å². The van der Waals surface area contributed by atoms with Crippen molar-refractivity contribution in [2.45, 2.75) is 13.8 Å². The van der Waals surface area contributed by atoms with Crippen LogP contribution in [0.3, 0.4) is 0 Å². The van der Waals surface area contributed by atoms with Crippen molar-refractivity contribution in [2.24, 2.45) is 0 Å². The van der Waals surface area contributed by atoms with Crippen LogP contribution < -0.4 is 5.32 Å². The van der Waals surface area contributed by atoms with Gasteiger partial charge in [-0.15, -0.1) is 0 Å². The quantitative estimate of drug-likeness (QED) is 0.463. The molecule has 0 aromatic rings. The Morgan fingerprint density at radius 1 is 1.58 bits per heavy atom. The first-order valence-corrected chi connectivity index (χ1v) is 4.31. The molecule has 0 fully saturated rings. The Bertz CT molecular complexity index is 141. The Kier molecular flexibility index (Phi) is 8.07. The molecule has 0 amide bonds. The van der Waals surface area contributed by atoms with E-state index in [4.69, 9.17) is 4.74 Å². The molecule has 0 aromatic carbocycles. The zero-order valence-corrected chi connectivity index (χ0v) is 8.10. The van der Waals surface area contributed by atoms with Gasteiger partial charge in [0, 0.05) is 13.1 Å². The van der Waals surface area contributed by atoms with Crippen molar-refractivity contribution in [1.29, 1.82) is 0 Å². The Morgan fingerprint density at radius 2 is 2.33 bits per heavy atom. The molecule has 0 radical (unpaired) electrons. The summed E-state index contributed by atoms with van der Waals surface area (Å²) in [5, 5.41) is 3.22. The van der Waals surface area contributed by atoms with Gasteiger partial charge in [0.2, 0.25) is 0 Å². The van der Waals surface area contributed by atoms with Crippen LogP contribution in [0.1, 0.15) is 13.8 Å². The molecule has 70 valence electrons. The number of allylic oxidation sites excluding steroid dienone is 1. The minimum absolute atomic E-state index is 0.672. The van der Waals surface area contributed by atoms with Gasteiger partial charge in [-0.3, -0.25) is 0 Å². The summed E-state index contributed by atoms with van der Waals surface area (Å²) >= 11 is 0. The molecule has 0 unspecified atom stereocenters. The van der Waals surface area contributed by atoms with E-state index in [0.717, 1.165) is 25.3 Å². The van der Waals surface area contributed by atoms with Gasteiger partial charge in [-0.05, 0) is 13.8 Å². The van der Waals surface area contributed by atoms with Crippen molar-refractivity contribution in [1.82, 2.24) is 5.32 Å². The first kappa shape index (κ1) is 11.4. The van der Waals surface area contributed by atoms with Gasteiger partial charge in [-0.2, -0.15) is 0 Å². The lowest BCUT2D eigenvalue weighted by Crippen LogP contribution is -2.19. The maximum atomic E-state index is 5.29. The molecule has 0 atom stereocenters. The monoisotopic (exact) mass is 169 g/mol. The van der Waals surface area contributed by atoms with Crippen molar-refractivity contribution in [3.63, 3.8) is 0 Å². The lowest BCUT2D eigenvalue weighted by Gasteiger charge is -2.03. The number of nitrogens with one attached hydrogen (secondary N) is 1. The summed E-state index contributed by atoms with van der Waals surface area (Å²) < 4.78 is 5.29. The highest BCUT2D eigenvalue weighted by Crippen LogP contribution is 1.86. The minimum Gasteiger partial charge on any atom is -0.376 e. The first-order valence-electron chi connectivity index (χ1n) is 4.31. The van der Waals surface area contributed by atoms with Gasteiger partial charge in [0.05, 0.1) is 13.2 Å². The summed E-state index contributed by atoms with van der Waals surface area (Å²) in [4.78, 5) is 0. The zero-order valence-electron chi connectivity index (χ0n) is 8.10. The summed E-state index contributed by atoms with van der Waals surface area (Å²) in [7, 11) is 0. The van der Waals surface area contributed by atoms with Crippen LogP contribution in [0.25, 0.3) is 0 Å². The highest BCUT2D eigenvalue weighted by atomic mass is 16.5. The van der Waals surface area contributed by atoms with Crippen LogP contribution in [0, 0.1) is 0 Å². The molecule has 0 spiro atoms. The molecule has 12 heavy (non-hydrogen) atoms. The second kappa shape index (κ2) is 8.50. The van der Waals surface area contributed by atoms with Gasteiger partial charge >= 0.3 is 0 Å². The van der Waals surface area contributed by atoms with Crippen LogP contribution in [0.5, 0.6) is 0 Å². The molecule has 0 rings (SSSR count). The average molecular weight is 169 g/mol. The molecule has 0 aromatic heterocycles. The molecule has 0 saturated heterocycles. The summed E-state index contributed by atoms with van der Waals surface area (Å²) in [5.41, 5.74) is 1.07. The third-order valence-electron chi connectivity index (χ3n) is 1.27. The summed E-state index contributed by atoms with van der Waals surface area (Å²) in [6, 6.07) is 0. The van der Waals surface area contributed by atoms with E-state index >= 15 is 0 Å². The molecule has 0 heterocycles. The number of hydrogen-bond acceptors (Lipinski definition) is 2. The van der Waals surface area contributed by atoms with E-state index in [1.807, 2.05) is 19.9 Å². The number of rotatable bonds is 7. The molecule has 0 bridgehead atoms. The second-order valence-corrected chi connectivity index (χ2v) is 2.78. The highest BCUT2D eigenvalue weighted by Gasteiger charge is 1.86. The van der Waals surface area contributed by atoms with Crippen molar-refractivity contribution in [3.8, 4) is 0 Å². The van der Waals surface area contributed by atoms with Gasteiger partial charge in [-0.1, -0.05) is 24.3 Å². The Morgan fingerprint density at radius 3 is 2.92 bits per heavy atom. The van der Waals surface area contributed by atoms with E-state index in [0.29, 0.717) is 6.61 Å². The van der Waals surface area contributed by atoms with Crippen LogP contribution in [-0.4, -0.2) is 26.3 Å². The van der Waals surface area contributed by atoms with E-state index in [1.165, 1.54) is 0 Å². The smallest absolute Gasteiger partial charge is 0.0672 e. The standard InChI is InChI=1S/C10H19NO/c1-4-5-6-11-7-8-12-9-10(2)3/h4-5,11H,2,6-9H2,1,3H3/b5-4+. The van der Waals surface area contributed by atoms with Crippen LogP contribution in [-0.2, 0) is 4.74 Å². The highest BCUT2D eigenvalue weighted by molar-refractivity contribution is 4.87. The maximum absolute atomic E-state index is 5.29. The first-order chi connectivity index (χ1) is 5.77. The van der Waals surface area contributed by atoms with Crippen LogP contribution in [0.4, 0.5) is 0 Å². The Balaban J connectivity index is 2.96. The minimum atomic E-state index is 0.672. The van der Waals surface area contributed by atoms with E-state index in [-0.39, 0.29) is 0 Å². The average Bonchev–Trinajstić information content (AvgIpc) is 2.02. The maximum Gasteiger partial charge on any atom is 0.0672 e. The molecule has 0 saturated carbocycles. The summed E-state index contributed by atoms with van der Waals surface area (Å²) in [5.74, 6) is 0. The normalized spacial score (nSPS) is 10.8. The van der Waals surface area contributed by atoms with Crippen LogP contribution in [0.2, 0.25) is 0 Å². The Hall–Kier alpha value is -0.600. The van der Waals surface area contributed by atoms with E-state index < -0.39 is 0 Å².